The lowest BCUT2D eigenvalue weighted by Gasteiger charge is -2.05. The molecule has 1 aromatic carbocycles. The van der Waals surface area contributed by atoms with E-state index in [1.165, 1.54) is 25.0 Å². The molecule has 1 unspecified atom stereocenters. The molecule has 1 spiro atoms. The number of nitrogens with one attached hydrogen (secondary N) is 1. The molecule has 0 bridgehead atoms. The Morgan fingerprint density at radius 1 is 1.35 bits per heavy atom. The van der Waals surface area contributed by atoms with Crippen LogP contribution in [0.25, 0.3) is 0 Å². The summed E-state index contributed by atoms with van der Waals surface area (Å²) in [6.45, 7) is 0. The van der Waals surface area contributed by atoms with Crippen molar-refractivity contribution in [3.63, 3.8) is 0 Å². The Bertz CT molecular complexity index is 505. The van der Waals surface area contributed by atoms with Gasteiger partial charge < -0.3 is 10.4 Å². The van der Waals surface area contributed by atoms with Crippen LogP contribution in [0.4, 0.5) is 5.69 Å². The summed E-state index contributed by atoms with van der Waals surface area (Å²) in [6.07, 6.45) is 3.33. The molecule has 0 saturated heterocycles. The van der Waals surface area contributed by atoms with Gasteiger partial charge in [0.15, 0.2) is 0 Å². The quantitative estimate of drug-likeness (QED) is 0.837. The van der Waals surface area contributed by atoms with Gasteiger partial charge in [0, 0.05) is 11.6 Å². The van der Waals surface area contributed by atoms with Crippen LogP contribution in [0, 0.1) is 11.3 Å². The van der Waals surface area contributed by atoms with Gasteiger partial charge in [-0.3, -0.25) is 4.79 Å². The lowest BCUT2D eigenvalue weighted by molar-refractivity contribution is -0.117. The predicted molar refractivity (Wildman–Crippen MR) is 61.8 cm³/mol. The molecule has 2 aliphatic carbocycles. The van der Waals surface area contributed by atoms with Gasteiger partial charge in [-0.1, -0.05) is 6.07 Å². The molecule has 0 heterocycles. The molecule has 1 amide bonds. The highest BCUT2D eigenvalue weighted by atomic mass is 16.4. The number of aromatic carboxylic acids is 1. The van der Waals surface area contributed by atoms with Gasteiger partial charge in [-0.25, -0.2) is 4.79 Å². The van der Waals surface area contributed by atoms with E-state index in [-0.39, 0.29) is 17.4 Å². The van der Waals surface area contributed by atoms with Crippen LogP contribution in [-0.2, 0) is 4.79 Å². The van der Waals surface area contributed by atoms with Crippen molar-refractivity contribution >= 4 is 17.6 Å². The zero-order valence-electron chi connectivity index (χ0n) is 9.27. The first-order valence-corrected chi connectivity index (χ1v) is 5.75. The van der Waals surface area contributed by atoms with Crippen LogP contribution in [0.3, 0.4) is 0 Å². The third-order valence-corrected chi connectivity index (χ3v) is 3.78. The Kier molecular flexibility index (Phi) is 2.02. The van der Waals surface area contributed by atoms with Gasteiger partial charge in [0.05, 0.1) is 5.56 Å². The SMILES string of the molecule is O=C(O)c1cccc(NC(=O)C2CC23CC3)c1. The second-order valence-electron chi connectivity index (χ2n) is 4.99. The van der Waals surface area contributed by atoms with Crippen molar-refractivity contribution in [1.29, 1.82) is 0 Å². The minimum atomic E-state index is -0.980. The molecule has 2 saturated carbocycles. The maximum Gasteiger partial charge on any atom is 0.335 e. The molecule has 17 heavy (non-hydrogen) atoms. The van der Waals surface area contributed by atoms with Gasteiger partial charge in [0.2, 0.25) is 5.91 Å². The number of rotatable bonds is 3. The lowest BCUT2D eigenvalue weighted by Crippen LogP contribution is -2.15. The molecule has 2 fully saturated rings. The number of carboxylic acids is 1. The number of carboxylic acid groups (broad SMARTS) is 1. The smallest absolute Gasteiger partial charge is 0.335 e. The molecule has 4 nitrogen and oxygen atoms in total. The number of hydrogen-bond donors (Lipinski definition) is 2. The standard InChI is InChI=1S/C13H13NO3/c15-11(10-7-13(10)4-5-13)14-9-3-1-2-8(6-9)12(16)17/h1-3,6,10H,4-5,7H2,(H,14,15)(H,16,17). The van der Waals surface area contributed by atoms with Gasteiger partial charge in [-0.15, -0.1) is 0 Å². The van der Waals surface area contributed by atoms with Crippen LogP contribution >= 0.6 is 0 Å². The van der Waals surface area contributed by atoms with Crippen LogP contribution in [-0.4, -0.2) is 17.0 Å². The number of amides is 1. The second kappa shape index (κ2) is 3.32. The van der Waals surface area contributed by atoms with Gasteiger partial charge in [-0.2, -0.15) is 0 Å². The van der Waals surface area contributed by atoms with Crippen LogP contribution in [0.15, 0.2) is 24.3 Å². The minimum Gasteiger partial charge on any atom is -0.478 e. The van der Waals surface area contributed by atoms with Crippen molar-refractivity contribution in [2.45, 2.75) is 19.3 Å². The number of benzene rings is 1. The summed E-state index contributed by atoms with van der Waals surface area (Å²) in [5, 5.41) is 11.6. The number of hydrogen-bond acceptors (Lipinski definition) is 2. The van der Waals surface area contributed by atoms with Gasteiger partial charge in [0.25, 0.3) is 0 Å². The molecule has 0 aromatic heterocycles. The van der Waals surface area contributed by atoms with Gasteiger partial charge in [0.1, 0.15) is 0 Å². The van der Waals surface area contributed by atoms with E-state index in [0.717, 1.165) is 6.42 Å². The first kappa shape index (κ1) is 10.3. The fraction of sp³-hybridized carbons (Fsp3) is 0.385. The molecule has 0 aliphatic heterocycles. The van der Waals surface area contributed by atoms with E-state index in [4.69, 9.17) is 5.11 Å². The average molecular weight is 231 g/mol. The molecule has 88 valence electrons. The maximum absolute atomic E-state index is 11.9. The fourth-order valence-electron chi connectivity index (χ4n) is 2.39. The van der Waals surface area contributed by atoms with Gasteiger partial charge in [-0.05, 0) is 42.9 Å². The Labute approximate surface area is 98.6 Å². The Morgan fingerprint density at radius 2 is 2.12 bits per heavy atom. The van der Waals surface area contributed by atoms with Crippen molar-refractivity contribution in [3.8, 4) is 0 Å². The maximum atomic E-state index is 11.9. The summed E-state index contributed by atoms with van der Waals surface area (Å²) in [7, 11) is 0. The zero-order chi connectivity index (χ0) is 12.0. The first-order chi connectivity index (χ1) is 8.11. The van der Waals surface area contributed by atoms with Crippen molar-refractivity contribution in [3.05, 3.63) is 29.8 Å². The molecular formula is C13H13NO3. The summed E-state index contributed by atoms with van der Waals surface area (Å²) < 4.78 is 0. The summed E-state index contributed by atoms with van der Waals surface area (Å²) >= 11 is 0. The normalized spacial score (nSPS) is 23.2. The third kappa shape index (κ3) is 1.79. The fourth-order valence-corrected chi connectivity index (χ4v) is 2.39. The van der Waals surface area contributed by atoms with Crippen molar-refractivity contribution in [2.24, 2.45) is 11.3 Å². The van der Waals surface area contributed by atoms with Crippen molar-refractivity contribution in [2.75, 3.05) is 5.32 Å². The Hall–Kier alpha value is -1.84. The zero-order valence-corrected chi connectivity index (χ0v) is 9.27. The van der Waals surface area contributed by atoms with Crippen LogP contribution in [0.2, 0.25) is 0 Å². The monoisotopic (exact) mass is 231 g/mol. The lowest BCUT2D eigenvalue weighted by atomic mass is 10.2. The van der Waals surface area contributed by atoms with E-state index in [2.05, 4.69) is 5.32 Å². The molecule has 0 radical (unpaired) electrons. The van der Waals surface area contributed by atoms with Crippen molar-refractivity contribution < 1.29 is 14.7 Å². The van der Waals surface area contributed by atoms with Crippen LogP contribution < -0.4 is 5.32 Å². The van der Waals surface area contributed by atoms with Crippen molar-refractivity contribution in [1.82, 2.24) is 0 Å². The molecule has 2 aliphatic rings. The topological polar surface area (TPSA) is 66.4 Å². The van der Waals surface area contributed by atoms with E-state index in [1.807, 2.05) is 0 Å². The molecule has 2 N–H and O–H groups in total. The largest absolute Gasteiger partial charge is 0.478 e. The third-order valence-electron chi connectivity index (χ3n) is 3.78. The first-order valence-electron chi connectivity index (χ1n) is 5.75. The number of carbonyl (C=O) groups excluding carboxylic acids is 1. The minimum absolute atomic E-state index is 0.0324. The van der Waals surface area contributed by atoms with E-state index in [9.17, 15) is 9.59 Å². The molecule has 4 heteroatoms. The van der Waals surface area contributed by atoms with Gasteiger partial charge >= 0.3 is 5.97 Å². The Morgan fingerprint density at radius 3 is 2.71 bits per heavy atom. The van der Waals surface area contributed by atoms with E-state index in [1.54, 1.807) is 12.1 Å². The predicted octanol–water partition coefficient (Wildman–Crippen LogP) is 2.12. The summed E-state index contributed by atoms with van der Waals surface area (Å²) in [4.78, 5) is 22.6. The average Bonchev–Trinajstić information content (AvgIpc) is 3.20. The highest BCUT2D eigenvalue weighted by Crippen LogP contribution is 2.70. The molecular weight excluding hydrogens is 218 g/mol. The highest BCUT2D eigenvalue weighted by molar-refractivity contribution is 5.97. The van der Waals surface area contributed by atoms with E-state index >= 15 is 0 Å². The number of carbonyl (C=O) groups is 2. The van der Waals surface area contributed by atoms with E-state index < -0.39 is 5.97 Å². The van der Waals surface area contributed by atoms with E-state index in [0.29, 0.717) is 11.1 Å². The number of anilines is 1. The Balaban J connectivity index is 1.70. The summed E-state index contributed by atoms with van der Waals surface area (Å²) in [6, 6.07) is 6.35. The molecule has 1 atom stereocenters. The summed E-state index contributed by atoms with van der Waals surface area (Å²) in [5.41, 5.74) is 1.09. The second-order valence-corrected chi connectivity index (χ2v) is 4.99. The van der Waals surface area contributed by atoms with Crippen LogP contribution in [0.1, 0.15) is 29.6 Å². The highest BCUT2D eigenvalue weighted by Gasteiger charge is 2.65. The molecule has 3 rings (SSSR count). The van der Waals surface area contributed by atoms with Crippen LogP contribution in [0.5, 0.6) is 0 Å². The summed E-state index contributed by atoms with van der Waals surface area (Å²) in [5.74, 6) is -0.799. The molecule has 1 aromatic rings.